The smallest absolute Gasteiger partial charge is 0.223 e. The monoisotopic (exact) mass is 253 g/mol. The fourth-order valence-corrected chi connectivity index (χ4v) is 2.23. The lowest BCUT2D eigenvalue weighted by Crippen LogP contribution is -2.20. The summed E-state index contributed by atoms with van der Waals surface area (Å²) in [6.45, 7) is 0.831. The molecule has 1 aromatic rings. The predicted molar refractivity (Wildman–Crippen MR) is 59.0 cm³/mol. The second-order valence-electron chi connectivity index (χ2n) is 3.61. The van der Waals surface area contributed by atoms with Gasteiger partial charge in [0, 0.05) is 16.9 Å². The molecule has 0 saturated carbocycles. The second kappa shape index (κ2) is 4.13. The molecule has 14 heavy (non-hydrogen) atoms. The lowest BCUT2D eigenvalue weighted by atomic mass is 9.98. The second-order valence-corrected chi connectivity index (χ2v) is 4.53. The van der Waals surface area contributed by atoms with E-state index in [-0.39, 0.29) is 11.8 Å². The van der Waals surface area contributed by atoms with Gasteiger partial charge >= 0.3 is 0 Å². The largest absolute Gasteiger partial charge is 0.356 e. The highest BCUT2D eigenvalue weighted by atomic mass is 79.9. The van der Waals surface area contributed by atoms with E-state index in [9.17, 15) is 4.79 Å². The summed E-state index contributed by atoms with van der Waals surface area (Å²) in [7, 11) is 0. The van der Waals surface area contributed by atoms with E-state index in [1.54, 1.807) is 0 Å². The van der Waals surface area contributed by atoms with Crippen molar-refractivity contribution >= 4 is 21.8 Å². The van der Waals surface area contributed by atoms with Gasteiger partial charge in [-0.1, -0.05) is 28.1 Å². The third kappa shape index (κ3) is 2.15. The van der Waals surface area contributed by atoms with Crippen LogP contribution < -0.4 is 5.32 Å². The first-order valence-electron chi connectivity index (χ1n) is 4.78. The van der Waals surface area contributed by atoms with Crippen LogP contribution in [-0.2, 0) is 11.2 Å². The molecule has 1 N–H and O–H groups in total. The van der Waals surface area contributed by atoms with Crippen molar-refractivity contribution in [1.82, 2.24) is 5.32 Å². The first-order valence-corrected chi connectivity index (χ1v) is 5.57. The molecule has 0 unspecified atom stereocenters. The molecule has 1 heterocycles. The van der Waals surface area contributed by atoms with Gasteiger partial charge in [-0.25, -0.2) is 0 Å². The van der Waals surface area contributed by atoms with Gasteiger partial charge in [0.25, 0.3) is 0 Å². The Morgan fingerprint density at radius 2 is 2.36 bits per heavy atom. The normalized spacial score (nSPS) is 20.9. The summed E-state index contributed by atoms with van der Waals surface area (Å²) in [4.78, 5) is 11.3. The molecule has 1 aromatic carbocycles. The molecular weight excluding hydrogens is 242 g/mol. The number of halogens is 1. The van der Waals surface area contributed by atoms with E-state index in [4.69, 9.17) is 0 Å². The van der Waals surface area contributed by atoms with Gasteiger partial charge in [-0.15, -0.1) is 0 Å². The van der Waals surface area contributed by atoms with Crippen LogP contribution in [0.4, 0.5) is 0 Å². The van der Waals surface area contributed by atoms with Gasteiger partial charge in [-0.3, -0.25) is 4.79 Å². The van der Waals surface area contributed by atoms with Crippen LogP contribution in [0.25, 0.3) is 0 Å². The molecule has 0 spiro atoms. The van der Waals surface area contributed by atoms with E-state index in [1.807, 2.05) is 12.1 Å². The molecular formula is C11H12BrNO. The van der Waals surface area contributed by atoms with Crippen molar-refractivity contribution in [3.63, 3.8) is 0 Å². The SMILES string of the molecule is O=C1NCC[C@@H]1Cc1cccc(Br)c1. The van der Waals surface area contributed by atoms with Gasteiger partial charge in [-0.2, -0.15) is 0 Å². The molecule has 1 saturated heterocycles. The summed E-state index contributed by atoms with van der Waals surface area (Å²) in [5.41, 5.74) is 1.22. The lowest BCUT2D eigenvalue weighted by molar-refractivity contribution is -0.122. The fourth-order valence-electron chi connectivity index (χ4n) is 1.79. The average molecular weight is 254 g/mol. The highest BCUT2D eigenvalue weighted by molar-refractivity contribution is 9.10. The first kappa shape index (κ1) is 9.71. The molecule has 0 radical (unpaired) electrons. The maximum Gasteiger partial charge on any atom is 0.223 e. The molecule has 1 atom stereocenters. The minimum absolute atomic E-state index is 0.171. The number of nitrogens with one attached hydrogen (secondary N) is 1. The molecule has 2 rings (SSSR count). The van der Waals surface area contributed by atoms with E-state index in [2.05, 4.69) is 33.4 Å². The number of rotatable bonds is 2. The third-order valence-electron chi connectivity index (χ3n) is 2.53. The van der Waals surface area contributed by atoms with Crippen LogP contribution in [0.1, 0.15) is 12.0 Å². The van der Waals surface area contributed by atoms with Crippen LogP contribution in [0, 0.1) is 5.92 Å². The lowest BCUT2D eigenvalue weighted by Gasteiger charge is -2.06. The zero-order chi connectivity index (χ0) is 9.97. The van der Waals surface area contributed by atoms with Crippen molar-refractivity contribution in [2.75, 3.05) is 6.54 Å². The van der Waals surface area contributed by atoms with Gasteiger partial charge in [0.1, 0.15) is 0 Å². The van der Waals surface area contributed by atoms with Crippen LogP contribution >= 0.6 is 15.9 Å². The Morgan fingerprint density at radius 1 is 1.50 bits per heavy atom. The van der Waals surface area contributed by atoms with Gasteiger partial charge in [-0.05, 0) is 30.5 Å². The van der Waals surface area contributed by atoms with Gasteiger partial charge < -0.3 is 5.32 Å². The van der Waals surface area contributed by atoms with Crippen LogP contribution in [0.2, 0.25) is 0 Å². The molecule has 2 nitrogen and oxygen atoms in total. The predicted octanol–water partition coefficient (Wildman–Crippen LogP) is 2.13. The Labute approximate surface area is 91.8 Å². The summed E-state index contributed by atoms with van der Waals surface area (Å²) in [6, 6.07) is 8.15. The van der Waals surface area contributed by atoms with E-state index >= 15 is 0 Å². The molecule has 1 aliphatic rings. The standard InChI is InChI=1S/C11H12BrNO/c12-10-3-1-2-8(7-10)6-9-4-5-13-11(9)14/h1-3,7,9H,4-6H2,(H,13,14)/t9-/m1/s1. The van der Waals surface area contributed by atoms with Gasteiger partial charge in [0.2, 0.25) is 5.91 Å². The molecule has 0 aliphatic carbocycles. The molecule has 1 fully saturated rings. The summed E-state index contributed by atoms with van der Waals surface area (Å²) >= 11 is 3.43. The first-order chi connectivity index (χ1) is 6.75. The van der Waals surface area contributed by atoms with Crippen molar-refractivity contribution in [2.45, 2.75) is 12.8 Å². The zero-order valence-electron chi connectivity index (χ0n) is 7.79. The quantitative estimate of drug-likeness (QED) is 0.860. The van der Waals surface area contributed by atoms with Crippen LogP contribution in [0.3, 0.4) is 0 Å². The van der Waals surface area contributed by atoms with Crippen LogP contribution in [0.5, 0.6) is 0 Å². The Bertz CT molecular complexity index is 351. The van der Waals surface area contributed by atoms with Crippen LogP contribution in [-0.4, -0.2) is 12.5 Å². The summed E-state index contributed by atoms with van der Waals surface area (Å²) in [5, 5.41) is 2.85. The Hall–Kier alpha value is -0.830. The molecule has 1 aliphatic heterocycles. The van der Waals surface area contributed by atoms with Crippen molar-refractivity contribution in [3.05, 3.63) is 34.3 Å². The minimum Gasteiger partial charge on any atom is -0.356 e. The molecule has 0 bridgehead atoms. The third-order valence-corrected chi connectivity index (χ3v) is 3.03. The maximum atomic E-state index is 11.3. The number of benzene rings is 1. The number of carbonyl (C=O) groups excluding carboxylic acids is 1. The fraction of sp³-hybridized carbons (Fsp3) is 0.364. The van der Waals surface area contributed by atoms with E-state index < -0.39 is 0 Å². The molecule has 74 valence electrons. The zero-order valence-corrected chi connectivity index (χ0v) is 9.38. The summed E-state index contributed by atoms with van der Waals surface area (Å²) in [5.74, 6) is 0.370. The van der Waals surface area contributed by atoms with E-state index in [0.29, 0.717) is 0 Å². The number of hydrogen-bond donors (Lipinski definition) is 1. The Balaban J connectivity index is 2.07. The van der Waals surface area contributed by atoms with Crippen molar-refractivity contribution in [2.24, 2.45) is 5.92 Å². The number of amides is 1. The Morgan fingerprint density at radius 3 is 3.00 bits per heavy atom. The van der Waals surface area contributed by atoms with Crippen molar-refractivity contribution in [1.29, 1.82) is 0 Å². The Kier molecular flexibility index (Phi) is 2.87. The van der Waals surface area contributed by atoms with Crippen LogP contribution in [0.15, 0.2) is 28.7 Å². The number of hydrogen-bond acceptors (Lipinski definition) is 1. The topological polar surface area (TPSA) is 29.1 Å². The molecule has 3 heteroatoms. The van der Waals surface area contributed by atoms with Gasteiger partial charge in [0.05, 0.1) is 0 Å². The van der Waals surface area contributed by atoms with Gasteiger partial charge in [0.15, 0.2) is 0 Å². The summed E-state index contributed by atoms with van der Waals surface area (Å²) in [6.07, 6.45) is 1.82. The van der Waals surface area contributed by atoms with Crippen molar-refractivity contribution in [3.8, 4) is 0 Å². The average Bonchev–Trinajstić information content (AvgIpc) is 2.52. The number of carbonyl (C=O) groups is 1. The minimum atomic E-state index is 0.171. The summed E-state index contributed by atoms with van der Waals surface area (Å²) < 4.78 is 1.08. The van der Waals surface area contributed by atoms with Crippen molar-refractivity contribution < 1.29 is 4.79 Å². The molecule has 1 amide bonds. The molecule has 0 aromatic heterocycles. The van der Waals surface area contributed by atoms with E-state index in [0.717, 1.165) is 23.9 Å². The maximum absolute atomic E-state index is 11.3. The highest BCUT2D eigenvalue weighted by Gasteiger charge is 2.23. The highest BCUT2D eigenvalue weighted by Crippen LogP contribution is 2.19. The van der Waals surface area contributed by atoms with E-state index in [1.165, 1.54) is 5.56 Å².